The van der Waals surface area contributed by atoms with E-state index in [0.29, 0.717) is 12.8 Å². The first kappa shape index (κ1) is 39.9. The number of carbonyl (C=O) groups is 2. The molecule has 0 aromatic heterocycles. The number of aliphatic carboxylic acids is 2. The van der Waals surface area contributed by atoms with Gasteiger partial charge in [-0.05, 0) is 87.6 Å². The maximum atomic E-state index is 11.0. The lowest BCUT2D eigenvalue weighted by Crippen LogP contribution is -2.28. The highest BCUT2D eigenvalue weighted by molar-refractivity contribution is 6.32. The van der Waals surface area contributed by atoms with Gasteiger partial charge in [0.05, 0.1) is 5.41 Å². The van der Waals surface area contributed by atoms with Crippen LogP contribution in [0.25, 0.3) is 0 Å². The average Bonchev–Trinajstić information content (AvgIpc) is 3.46. The Bertz CT molecular complexity index is 1730. The van der Waals surface area contributed by atoms with Gasteiger partial charge in [0.25, 0.3) is 0 Å². The predicted molar refractivity (Wildman–Crippen MR) is 212 cm³/mol. The summed E-state index contributed by atoms with van der Waals surface area (Å²) in [4.78, 5) is 24.4. The lowest BCUT2D eigenvalue weighted by molar-refractivity contribution is -0.438. The lowest BCUT2D eigenvalue weighted by Gasteiger charge is -2.27. The van der Waals surface area contributed by atoms with E-state index < -0.39 is 11.9 Å². The van der Waals surface area contributed by atoms with E-state index in [1.807, 2.05) is 13.8 Å². The number of para-hydroxylation sites is 2. The molecule has 2 heterocycles. The van der Waals surface area contributed by atoms with Crippen LogP contribution in [0, 0.1) is 0 Å². The smallest absolute Gasteiger partial charge is 0.303 e. The van der Waals surface area contributed by atoms with Crippen LogP contribution >= 0.6 is 11.6 Å². The highest BCUT2D eigenvalue weighted by Gasteiger charge is 2.44. The van der Waals surface area contributed by atoms with Gasteiger partial charge in [0.2, 0.25) is 5.69 Å². The van der Waals surface area contributed by atoms with E-state index in [1.165, 1.54) is 33.9 Å². The van der Waals surface area contributed by atoms with Crippen LogP contribution in [0.4, 0.5) is 11.4 Å². The number of halogens is 1. The van der Waals surface area contributed by atoms with Crippen molar-refractivity contribution in [3.8, 4) is 0 Å². The number of rotatable bonds is 15. The summed E-state index contributed by atoms with van der Waals surface area (Å²) in [5, 5.41) is 19.0. The molecule has 2 aliphatic heterocycles. The molecule has 51 heavy (non-hydrogen) atoms. The molecule has 1 aliphatic carbocycles. The number of benzene rings is 2. The lowest BCUT2D eigenvalue weighted by atomic mass is 9.81. The molecular formula is C44H58ClN2O4+. The van der Waals surface area contributed by atoms with E-state index in [4.69, 9.17) is 21.8 Å². The van der Waals surface area contributed by atoms with Crippen molar-refractivity contribution in [3.05, 3.63) is 106 Å². The number of carboxylic acid groups (broad SMARTS) is 2. The summed E-state index contributed by atoms with van der Waals surface area (Å²) in [7, 11) is 0. The van der Waals surface area contributed by atoms with Crippen LogP contribution in [-0.2, 0) is 20.4 Å². The van der Waals surface area contributed by atoms with Crippen LogP contribution < -0.4 is 4.90 Å². The molecule has 5 rings (SSSR count). The molecule has 0 radical (unpaired) electrons. The minimum atomic E-state index is -0.732. The molecule has 6 nitrogen and oxygen atoms in total. The monoisotopic (exact) mass is 713 g/mol. The van der Waals surface area contributed by atoms with E-state index in [2.05, 4.69) is 110 Å². The number of carboxylic acids is 2. The minimum Gasteiger partial charge on any atom is -0.481 e. The molecule has 0 spiro atoms. The van der Waals surface area contributed by atoms with Crippen molar-refractivity contribution in [1.82, 2.24) is 0 Å². The third kappa shape index (κ3) is 9.32. The molecule has 0 saturated heterocycles. The van der Waals surface area contributed by atoms with Gasteiger partial charge < -0.3 is 15.1 Å². The molecule has 2 aromatic carbocycles. The Labute approximate surface area is 310 Å². The molecule has 274 valence electrons. The molecule has 2 aromatic rings. The van der Waals surface area contributed by atoms with E-state index in [-0.39, 0.29) is 23.7 Å². The van der Waals surface area contributed by atoms with Crippen LogP contribution in [0.3, 0.4) is 0 Å². The highest BCUT2D eigenvalue weighted by atomic mass is 35.5. The first-order chi connectivity index (χ1) is 24.4. The fourth-order valence-electron chi connectivity index (χ4n) is 7.78. The van der Waals surface area contributed by atoms with E-state index in [1.54, 1.807) is 0 Å². The summed E-state index contributed by atoms with van der Waals surface area (Å²) >= 11 is 7.20. The van der Waals surface area contributed by atoms with Crippen LogP contribution in [0.2, 0.25) is 0 Å². The zero-order valence-corrected chi connectivity index (χ0v) is 32.4. The van der Waals surface area contributed by atoms with Crippen LogP contribution in [0.15, 0.2) is 94.7 Å². The first-order valence-electron chi connectivity index (χ1n) is 19.0. The van der Waals surface area contributed by atoms with E-state index in [0.717, 1.165) is 74.2 Å². The number of unbranched alkanes of at least 4 members (excludes halogenated alkanes) is 4. The van der Waals surface area contributed by atoms with Crippen LogP contribution in [-0.4, -0.2) is 45.5 Å². The van der Waals surface area contributed by atoms with E-state index in [9.17, 15) is 9.59 Å². The number of allylic oxidation sites excluding steroid dienone is 8. The molecule has 0 amide bonds. The number of nitrogens with zero attached hydrogens (tertiary/aromatic N) is 2. The zero-order valence-electron chi connectivity index (χ0n) is 31.6. The van der Waals surface area contributed by atoms with Crippen molar-refractivity contribution in [2.75, 3.05) is 18.0 Å². The van der Waals surface area contributed by atoms with Gasteiger partial charge in [0.1, 0.15) is 6.54 Å². The third-order valence-electron chi connectivity index (χ3n) is 10.5. The van der Waals surface area contributed by atoms with Gasteiger partial charge in [-0.2, -0.15) is 4.58 Å². The Morgan fingerprint density at radius 2 is 1.41 bits per heavy atom. The molecule has 3 aliphatic rings. The summed E-state index contributed by atoms with van der Waals surface area (Å²) in [6.45, 7) is 14.8. The quantitative estimate of drug-likeness (QED) is 0.142. The Morgan fingerprint density at radius 1 is 0.784 bits per heavy atom. The van der Waals surface area contributed by atoms with Crippen molar-refractivity contribution >= 4 is 40.6 Å². The Morgan fingerprint density at radius 3 is 2.10 bits per heavy atom. The van der Waals surface area contributed by atoms with Crippen molar-refractivity contribution in [1.29, 1.82) is 0 Å². The average molecular weight is 714 g/mol. The fraction of sp³-hybridized carbons (Fsp3) is 0.477. The summed E-state index contributed by atoms with van der Waals surface area (Å²) in [6.07, 6.45) is 17.3. The third-order valence-corrected chi connectivity index (χ3v) is 11.0. The molecule has 0 fully saturated rings. The second kappa shape index (κ2) is 18.0. The summed E-state index contributed by atoms with van der Waals surface area (Å²) < 4.78 is 2.42. The predicted octanol–water partition coefficient (Wildman–Crippen LogP) is 11.2. The van der Waals surface area contributed by atoms with Crippen molar-refractivity contribution < 1.29 is 24.4 Å². The number of anilines is 1. The first-order valence-corrected chi connectivity index (χ1v) is 19.3. The molecule has 7 heteroatoms. The summed E-state index contributed by atoms with van der Waals surface area (Å²) in [5.74, 6) is -1.46. The number of hydrogen-bond donors (Lipinski definition) is 2. The number of fused-ring (bicyclic) bond motifs is 2. The minimum absolute atomic E-state index is 0.168. The van der Waals surface area contributed by atoms with Gasteiger partial charge in [-0.15, -0.1) is 0 Å². The molecule has 0 bridgehead atoms. The van der Waals surface area contributed by atoms with Crippen molar-refractivity contribution in [2.24, 2.45) is 0 Å². The molecule has 0 atom stereocenters. The largest absolute Gasteiger partial charge is 0.481 e. The normalized spacial score (nSPS) is 19.1. The molecular weight excluding hydrogens is 656 g/mol. The van der Waals surface area contributed by atoms with Gasteiger partial charge in [0.15, 0.2) is 5.71 Å². The van der Waals surface area contributed by atoms with Gasteiger partial charge in [-0.1, -0.05) is 94.3 Å². The molecule has 0 saturated carbocycles. The summed E-state index contributed by atoms with van der Waals surface area (Å²) in [5.41, 5.74) is 9.53. The zero-order chi connectivity index (χ0) is 37.2. The highest BCUT2D eigenvalue weighted by Crippen LogP contribution is 2.48. The van der Waals surface area contributed by atoms with Gasteiger partial charge in [0, 0.05) is 65.3 Å². The second-order valence-electron chi connectivity index (χ2n) is 14.7. The molecule has 0 unspecified atom stereocenters. The van der Waals surface area contributed by atoms with Gasteiger partial charge in [-0.3, -0.25) is 9.59 Å². The van der Waals surface area contributed by atoms with E-state index >= 15 is 0 Å². The van der Waals surface area contributed by atoms with Crippen molar-refractivity contribution in [2.45, 2.75) is 123 Å². The summed E-state index contributed by atoms with van der Waals surface area (Å²) in [6, 6.07) is 17.2. The second-order valence-corrected chi connectivity index (χ2v) is 15.0. The van der Waals surface area contributed by atoms with Crippen LogP contribution in [0.5, 0.6) is 0 Å². The maximum absolute atomic E-state index is 11.0. The molecule has 2 N–H and O–H groups in total. The fourth-order valence-corrected chi connectivity index (χ4v) is 8.09. The maximum Gasteiger partial charge on any atom is 0.303 e. The van der Waals surface area contributed by atoms with Crippen molar-refractivity contribution in [3.63, 3.8) is 0 Å². The Hall–Kier alpha value is -3.90. The SMILES string of the molecule is CC.CC1(C)C(/C=C/C2=C(Cl)C(=C/C=C3/N(CCCCCC(=O)O)c4ccccc4C3(C)C)/CCC2)=[N+](CCCCCC(=O)O)c2ccccc21. The van der Waals surface area contributed by atoms with Crippen LogP contribution in [0.1, 0.15) is 123 Å². The standard InChI is InChI=1S/C42H51ClN2O4.C2H6/c1-41(2)32-18-9-11-20-34(32)44(28-13-5-7-22-38(46)47)36(41)26-24-30-16-15-17-31(40(30)43)25-27-37-42(3,4)33-19-10-12-21-35(33)45(37)29-14-6-8-23-39(48)49;1-2/h9-12,18-21,24-27H,5-8,13-17,22-23,28-29H2,1-4H3,(H-,46,47,48,49);1-2H3/p+1. The van der Waals surface area contributed by atoms with Gasteiger partial charge in [-0.25, -0.2) is 0 Å². The number of hydrogen-bond acceptors (Lipinski definition) is 3. The van der Waals surface area contributed by atoms with Gasteiger partial charge >= 0.3 is 11.9 Å². The topological polar surface area (TPSA) is 80.9 Å². The Kier molecular flexibility index (Phi) is 14.1. The Balaban J connectivity index is 0.00000286.